The highest BCUT2D eigenvalue weighted by molar-refractivity contribution is 5.96. The van der Waals surface area contributed by atoms with Gasteiger partial charge >= 0.3 is 0 Å². The molecule has 0 radical (unpaired) electrons. The molecule has 1 aromatic rings. The van der Waals surface area contributed by atoms with Crippen molar-refractivity contribution in [2.24, 2.45) is 16.8 Å². The van der Waals surface area contributed by atoms with E-state index in [1.54, 1.807) is 6.20 Å². The molecule has 5 nitrogen and oxygen atoms in total. The van der Waals surface area contributed by atoms with Gasteiger partial charge in [0, 0.05) is 18.8 Å². The molecule has 108 valence electrons. The molecule has 0 spiro atoms. The molecular weight excluding hydrogens is 252 g/mol. The van der Waals surface area contributed by atoms with Crippen LogP contribution in [0, 0.1) is 5.92 Å². The molecule has 2 unspecified atom stereocenters. The lowest BCUT2D eigenvalue weighted by atomic mass is 9.91. The predicted octanol–water partition coefficient (Wildman–Crippen LogP) is 1.94. The van der Waals surface area contributed by atoms with Crippen molar-refractivity contribution < 1.29 is 5.21 Å². The van der Waals surface area contributed by atoms with E-state index in [1.807, 2.05) is 12.1 Å². The van der Waals surface area contributed by atoms with Gasteiger partial charge in [0.1, 0.15) is 5.69 Å². The highest BCUT2D eigenvalue weighted by Crippen LogP contribution is 2.37. The number of fused-ring (bicyclic) bond motifs is 1. The van der Waals surface area contributed by atoms with Crippen LogP contribution in [-0.4, -0.2) is 33.5 Å². The van der Waals surface area contributed by atoms with Gasteiger partial charge in [0.05, 0.1) is 0 Å². The van der Waals surface area contributed by atoms with E-state index in [4.69, 9.17) is 10.9 Å². The summed E-state index contributed by atoms with van der Waals surface area (Å²) in [5.74, 6) is 0.966. The predicted molar refractivity (Wildman–Crippen MR) is 77.5 cm³/mol. The summed E-state index contributed by atoms with van der Waals surface area (Å²) < 4.78 is 0. The first-order valence-electron chi connectivity index (χ1n) is 7.45. The molecular formula is C15H22N4O. The average Bonchev–Trinajstić information content (AvgIpc) is 2.96. The lowest BCUT2D eigenvalue weighted by molar-refractivity contribution is 0.105. The Labute approximate surface area is 119 Å². The van der Waals surface area contributed by atoms with E-state index >= 15 is 0 Å². The molecule has 5 heteroatoms. The zero-order chi connectivity index (χ0) is 13.9. The number of aromatic nitrogens is 1. The number of piperidine rings is 1. The van der Waals surface area contributed by atoms with E-state index in [9.17, 15) is 0 Å². The first kappa shape index (κ1) is 13.4. The van der Waals surface area contributed by atoms with Crippen molar-refractivity contribution in [1.29, 1.82) is 0 Å². The van der Waals surface area contributed by atoms with Crippen LogP contribution in [0.3, 0.4) is 0 Å². The van der Waals surface area contributed by atoms with E-state index in [2.05, 4.69) is 15.0 Å². The molecule has 2 atom stereocenters. The largest absolute Gasteiger partial charge is 0.409 e. The fourth-order valence-corrected chi connectivity index (χ4v) is 3.82. The molecule has 2 heterocycles. The van der Waals surface area contributed by atoms with Crippen LogP contribution in [-0.2, 0) is 6.54 Å². The number of oxime groups is 1. The molecule has 3 rings (SSSR count). The Hall–Kier alpha value is -1.62. The molecule has 20 heavy (non-hydrogen) atoms. The summed E-state index contributed by atoms with van der Waals surface area (Å²) in [5, 5.41) is 12.0. The molecule has 2 aliphatic rings. The number of likely N-dealkylation sites (tertiary alicyclic amines) is 1. The first-order chi connectivity index (χ1) is 9.79. The quantitative estimate of drug-likeness (QED) is 0.382. The van der Waals surface area contributed by atoms with E-state index in [1.165, 1.54) is 32.1 Å². The summed E-state index contributed by atoms with van der Waals surface area (Å²) in [6, 6.07) is 4.66. The smallest absolute Gasteiger partial charge is 0.189 e. The van der Waals surface area contributed by atoms with Gasteiger partial charge in [-0.15, -0.1) is 0 Å². The maximum absolute atomic E-state index is 8.88. The Morgan fingerprint density at radius 1 is 1.40 bits per heavy atom. The third-order valence-electron chi connectivity index (χ3n) is 4.72. The van der Waals surface area contributed by atoms with Crippen LogP contribution in [0.1, 0.15) is 43.4 Å². The molecule has 3 N–H and O–H groups in total. The fourth-order valence-electron chi connectivity index (χ4n) is 3.82. The van der Waals surface area contributed by atoms with Crippen molar-refractivity contribution in [2.75, 3.05) is 6.54 Å². The zero-order valence-corrected chi connectivity index (χ0v) is 11.7. The van der Waals surface area contributed by atoms with Gasteiger partial charge in [-0.05, 0) is 49.8 Å². The van der Waals surface area contributed by atoms with Crippen LogP contribution in [0.25, 0.3) is 0 Å². The Kier molecular flexibility index (Phi) is 3.87. The molecule has 2 fully saturated rings. The summed E-state index contributed by atoms with van der Waals surface area (Å²) in [5.41, 5.74) is 7.38. The van der Waals surface area contributed by atoms with Crippen molar-refractivity contribution in [3.63, 3.8) is 0 Å². The van der Waals surface area contributed by atoms with Gasteiger partial charge in [-0.2, -0.15) is 0 Å². The molecule has 1 aliphatic heterocycles. The summed E-state index contributed by atoms with van der Waals surface area (Å²) >= 11 is 0. The maximum atomic E-state index is 8.88. The summed E-state index contributed by atoms with van der Waals surface area (Å²) in [4.78, 5) is 6.82. The Balaban J connectivity index is 1.80. The molecule has 0 amide bonds. The van der Waals surface area contributed by atoms with Gasteiger partial charge in [0.25, 0.3) is 0 Å². The Morgan fingerprint density at radius 2 is 2.25 bits per heavy atom. The molecule has 1 aromatic heterocycles. The zero-order valence-electron chi connectivity index (χ0n) is 11.7. The lowest BCUT2D eigenvalue weighted by Crippen LogP contribution is -2.42. The van der Waals surface area contributed by atoms with Gasteiger partial charge in [-0.1, -0.05) is 17.6 Å². The minimum Gasteiger partial charge on any atom is -0.409 e. The summed E-state index contributed by atoms with van der Waals surface area (Å²) in [6.45, 7) is 1.99. The van der Waals surface area contributed by atoms with Crippen LogP contribution >= 0.6 is 0 Å². The maximum Gasteiger partial charge on any atom is 0.189 e. The normalized spacial score (nSPS) is 27.5. The number of amidine groups is 1. The van der Waals surface area contributed by atoms with Crippen molar-refractivity contribution in [2.45, 2.75) is 44.7 Å². The second-order valence-electron chi connectivity index (χ2n) is 5.87. The van der Waals surface area contributed by atoms with Crippen molar-refractivity contribution in [3.8, 4) is 0 Å². The molecule has 1 saturated heterocycles. The second-order valence-corrected chi connectivity index (χ2v) is 5.87. The van der Waals surface area contributed by atoms with Crippen molar-refractivity contribution in [1.82, 2.24) is 9.88 Å². The third-order valence-corrected chi connectivity index (χ3v) is 4.72. The fraction of sp³-hybridized carbons (Fsp3) is 0.600. The van der Waals surface area contributed by atoms with Crippen LogP contribution < -0.4 is 5.73 Å². The minimum absolute atomic E-state index is 0.0978. The van der Waals surface area contributed by atoms with E-state index in [-0.39, 0.29) is 5.84 Å². The standard InChI is InChI=1S/C15H22N4O/c16-15(18-20)14-12(5-2-8-17-14)10-19-9-3-6-11-4-1-7-13(11)19/h2,5,8,11,13,20H,1,3-4,6-7,9-10H2,(H2,16,18). The molecule has 0 aromatic carbocycles. The molecule has 1 aliphatic carbocycles. The number of nitrogens with two attached hydrogens (primary N) is 1. The summed E-state index contributed by atoms with van der Waals surface area (Å²) in [6.07, 6.45) is 8.38. The Morgan fingerprint density at radius 3 is 3.10 bits per heavy atom. The minimum atomic E-state index is 0.0978. The summed E-state index contributed by atoms with van der Waals surface area (Å²) in [7, 11) is 0. The number of hydrogen-bond donors (Lipinski definition) is 2. The Bertz CT molecular complexity index is 502. The van der Waals surface area contributed by atoms with Crippen LogP contribution in [0.15, 0.2) is 23.5 Å². The van der Waals surface area contributed by atoms with E-state index in [0.29, 0.717) is 11.7 Å². The number of pyridine rings is 1. The van der Waals surface area contributed by atoms with Crippen LogP contribution in [0.4, 0.5) is 0 Å². The van der Waals surface area contributed by atoms with Crippen molar-refractivity contribution >= 4 is 5.84 Å². The SMILES string of the molecule is NC(=NO)c1ncccc1CN1CCCC2CCCC21. The topological polar surface area (TPSA) is 74.7 Å². The third kappa shape index (κ3) is 2.50. The number of nitrogens with zero attached hydrogens (tertiary/aromatic N) is 3. The van der Waals surface area contributed by atoms with Gasteiger partial charge < -0.3 is 10.9 Å². The monoisotopic (exact) mass is 274 g/mol. The lowest BCUT2D eigenvalue weighted by Gasteiger charge is -2.38. The second kappa shape index (κ2) is 5.79. The van der Waals surface area contributed by atoms with E-state index < -0.39 is 0 Å². The molecule has 0 bridgehead atoms. The number of hydrogen-bond acceptors (Lipinski definition) is 4. The van der Waals surface area contributed by atoms with Gasteiger partial charge in [-0.3, -0.25) is 9.88 Å². The highest BCUT2D eigenvalue weighted by atomic mass is 16.4. The van der Waals surface area contributed by atoms with Crippen molar-refractivity contribution in [3.05, 3.63) is 29.6 Å². The first-order valence-corrected chi connectivity index (χ1v) is 7.45. The van der Waals surface area contributed by atoms with Crippen LogP contribution in [0.2, 0.25) is 0 Å². The number of rotatable bonds is 3. The van der Waals surface area contributed by atoms with Gasteiger partial charge in [0.15, 0.2) is 5.84 Å². The van der Waals surface area contributed by atoms with Gasteiger partial charge in [0.2, 0.25) is 0 Å². The molecule has 1 saturated carbocycles. The van der Waals surface area contributed by atoms with Crippen LogP contribution in [0.5, 0.6) is 0 Å². The average molecular weight is 274 g/mol. The van der Waals surface area contributed by atoms with E-state index in [0.717, 1.165) is 24.6 Å². The highest BCUT2D eigenvalue weighted by Gasteiger charge is 2.35. The van der Waals surface area contributed by atoms with Gasteiger partial charge in [-0.25, -0.2) is 0 Å².